The van der Waals surface area contributed by atoms with E-state index < -0.39 is 11.9 Å². The van der Waals surface area contributed by atoms with Crippen LogP contribution in [0.2, 0.25) is 0 Å². The Morgan fingerprint density at radius 2 is 1.25 bits per heavy atom. The largest absolute Gasteiger partial charge is 0.466 e. The molecule has 0 spiro atoms. The minimum absolute atomic E-state index is 0.306. The molecule has 1 aliphatic carbocycles. The fourth-order valence-corrected chi connectivity index (χ4v) is 1.65. The molecule has 0 N–H and O–H groups in total. The van der Waals surface area contributed by atoms with Gasteiger partial charge in [-0.15, -0.1) is 0 Å². The Balaban J connectivity index is 3.28. The van der Waals surface area contributed by atoms with Gasteiger partial charge in [0.2, 0.25) is 0 Å². The van der Waals surface area contributed by atoms with Crippen LogP contribution < -0.4 is 0 Å². The molecule has 2 atom stereocenters. The van der Waals surface area contributed by atoms with Gasteiger partial charge in [-0.05, 0) is 13.8 Å². The average Bonchev–Trinajstić information content (AvgIpc) is 2.29. The van der Waals surface area contributed by atoms with Gasteiger partial charge in [-0.2, -0.15) is 0 Å². The van der Waals surface area contributed by atoms with E-state index in [1.807, 2.05) is 0 Å². The highest BCUT2D eigenvalue weighted by molar-refractivity contribution is 6.02. The van der Waals surface area contributed by atoms with Crippen LogP contribution in [0.1, 0.15) is 13.8 Å². The van der Waals surface area contributed by atoms with Crippen molar-refractivity contribution in [3.63, 3.8) is 0 Å². The van der Waals surface area contributed by atoms with E-state index in [0.717, 1.165) is 0 Å². The lowest BCUT2D eigenvalue weighted by Gasteiger charge is -2.20. The third kappa shape index (κ3) is 2.08. The monoisotopic (exact) mass is 222 g/mol. The van der Waals surface area contributed by atoms with Crippen molar-refractivity contribution in [2.75, 3.05) is 14.2 Å². The summed E-state index contributed by atoms with van der Waals surface area (Å²) >= 11 is 0. The van der Waals surface area contributed by atoms with E-state index in [1.54, 1.807) is 13.8 Å². The Labute approximate surface area is 94.6 Å². The van der Waals surface area contributed by atoms with Gasteiger partial charge >= 0.3 is 11.9 Å². The van der Waals surface area contributed by atoms with Crippen molar-refractivity contribution in [1.29, 1.82) is 0 Å². The zero-order valence-electron chi connectivity index (χ0n) is 9.79. The van der Waals surface area contributed by atoms with E-state index in [2.05, 4.69) is 21.3 Å². The molecule has 4 nitrogen and oxygen atoms in total. The zero-order valence-corrected chi connectivity index (χ0v) is 9.79. The zero-order chi connectivity index (χ0) is 12.3. The highest BCUT2D eigenvalue weighted by Gasteiger charge is 2.31. The van der Waals surface area contributed by atoms with Crippen molar-refractivity contribution in [2.45, 2.75) is 13.8 Å². The molecule has 16 heavy (non-hydrogen) atoms. The number of rotatable bonds is 2. The summed E-state index contributed by atoms with van der Waals surface area (Å²) < 4.78 is 9.32. The standard InChI is InChI=1S/C12H14O4/c1-7-5-6-8(2)10(12(14)16-4)9(7)11(13)15-3/h7-8H,1-4H3. The molecule has 0 aliphatic heterocycles. The second kappa shape index (κ2) is 4.84. The first-order valence-electron chi connectivity index (χ1n) is 4.94. The number of methoxy groups -OCH3 is 2. The molecule has 0 aromatic carbocycles. The van der Waals surface area contributed by atoms with E-state index in [0.29, 0.717) is 11.1 Å². The lowest BCUT2D eigenvalue weighted by molar-refractivity contribution is -0.140. The predicted octanol–water partition coefficient (Wildman–Crippen LogP) is 0.918. The number of hydrogen-bond donors (Lipinski definition) is 0. The first-order chi connectivity index (χ1) is 7.52. The van der Waals surface area contributed by atoms with E-state index in [9.17, 15) is 9.59 Å². The van der Waals surface area contributed by atoms with E-state index in [-0.39, 0.29) is 11.8 Å². The lowest BCUT2D eigenvalue weighted by atomic mass is 9.85. The maximum absolute atomic E-state index is 11.6. The second-order valence-corrected chi connectivity index (χ2v) is 3.54. The fourth-order valence-electron chi connectivity index (χ4n) is 1.65. The van der Waals surface area contributed by atoms with Crippen LogP contribution in [0.25, 0.3) is 0 Å². The van der Waals surface area contributed by atoms with E-state index in [1.165, 1.54) is 14.2 Å². The van der Waals surface area contributed by atoms with E-state index in [4.69, 9.17) is 0 Å². The molecule has 86 valence electrons. The van der Waals surface area contributed by atoms with Gasteiger partial charge in [0, 0.05) is 0 Å². The summed E-state index contributed by atoms with van der Waals surface area (Å²) in [6, 6.07) is 0. The molecular weight excluding hydrogens is 208 g/mol. The van der Waals surface area contributed by atoms with Crippen LogP contribution in [0, 0.1) is 23.7 Å². The lowest BCUT2D eigenvalue weighted by Crippen LogP contribution is -2.24. The maximum Gasteiger partial charge on any atom is 0.335 e. The van der Waals surface area contributed by atoms with Gasteiger partial charge in [0.15, 0.2) is 0 Å². The summed E-state index contributed by atoms with van der Waals surface area (Å²) in [5, 5.41) is 0. The molecular formula is C12H14O4. The van der Waals surface area contributed by atoms with Crippen molar-refractivity contribution in [2.24, 2.45) is 11.8 Å². The number of ether oxygens (including phenoxy) is 2. The molecule has 1 rings (SSSR count). The Morgan fingerprint density at radius 1 is 0.938 bits per heavy atom. The fraction of sp³-hybridized carbons (Fsp3) is 0.500. The topological polar surface area (TPSA) is 52.6 Å². The predicted molar refractivity (Wildman–Crippen MR) is 57.2 cm³/mol. The van der Waals surface area contributed by atoms with Gasteiger partial charge in [-0.1, -0.05) is 11.8 Å². The SMILES string of the molecule is COC(=O)C1=C(C(=O)OC)C(C)C#CC1C. The smallest absolute Gasteiger partial charge is 0.335 e. The Hall–Kier alpha value is -1.76. The van der Waals surface area contributed by atoms with Crippen molar-refractivity contribution < 1.29 is 19.1 Å². The normalized spacial score (nSPS) is 23.2. The third-order valence-electron chi connectivity index (χ3n) is 2.48. The Bertz CT molecular complexity index is 372. The summed E-state index contributed by atoms with van der Waals surface area (Å²) in [5.74, 6) is 4.12. The minimum atomic E-state index is -0.520. The molecule has 0 aromatic rings. The van der Waals surface area contributed by atoms with Crippen LogP contribution in [0.5, 0.6) is 0 Å². The summed E-state index contributed by atoms with van der Waals surface area (Å²) in [6.07, 6.45) is 0. The molecule has 0 aromatic heterocycles. The van der Waals surface area contributed by atoms with Crippen LogP contribution in [0.3, 0.4) is 0 Å². The highest BCUT2D eigenvalue weighted by Crippen LogP contribution is 2.27. The number of hydrogen-bond acceptors (Lipinski definition) is 4. The van der Waals surface area contributed by atoms with Crippen molar-refractivity contribution >= 4 is 11.9 Å². The molecule has 0 saturated carbocycles. The number of carbonyl (C=O) groups is 2. The van der Waals surface area contributed by atoms with Crippen LogP contribution in [-0.4, -0.2) is 26.2 Å². The van der Waals surface area contributed by atoms with Crippen LogP contribution in [0.4, 0.5) is 0 Å². The first kappa shape index (κ1) is 12.3. The molecule has 0 radical (unpaired) electrons. The van der Waals surface area contributed by atoms with Gasteiger partial charge < -0.3 is 9.47 Å². The second-order valence-electron chi connectivity index (χ2n) is 3.54. The van der Waals surface area contributed by atoms with E-state index >= 15 is 0 Å². The highest BCUT2D eigenvalue weighted by atomic mass is 16.5. The maximum atomic E-state index is 11.6. The molecule has 0 saturated heterocycles. The molecule has 0 bridgehead atoms. The molecule has 0 fully saturated rings. The van der Waals surface area contributed by atoms with Gasteiger partial charge in [-0.25, -0.2) is 9.59 Å². The van der Waals surface area contributed by atoms with Crippen molar-refractivity contribution in [3.05, 3.63) is 11.1 Å². The Kier molecular flexibility index (Phi) is 3.73. The van der Waals surface area contributed by atoms with Gasteiger partial charge in [-0.3, -0.25) is 0 Å². The molecule has 4 heteroatoms. The summed E-state index contributed by atoms with van der Waals surface area (Å²) in [6.45, 7) is 3.52. The molecule has 2 unspecified atom stereocenters. The molecule has 0 heterocycles. The van der Waals surface area contributed by atoms with Crippen LogP contribution >= 0.6 is 0 Å². The summed E-state index contributed by atoms with van der Waals surface area (Å²) in [5.41, 5.74) is 0.612. The number of carbonyl (C=O) groups excluding carboxylic acids is 2. The van der Waals surface area contributed by atoms with Gasteiger partial charge in [0.25, 0.3) is 0 Å². The quantitative estimate of drug-likeness (QED) is 0.515. The van der Waals surface area contributed by atoms with Crippen LogP contribution in [-0.2, 0) is 19.1 Å². The van der Waals surface area contributed by atoms with Gasteiger partial charge in [0.05, 0.1) is 37.2 Å². The average molecular weight is 222 g/mol. The Morgan fingerprint density at radius 3 is 1.50 bits per heavy atom. The van der Waals surface area contributed by atoms with Crippen molar-refractivity contribution in [3.8, 4) is 11.8 Å². The molecule has 1 aliphatic rings. The van der Waals surface area contributed by atoms with Crippen molar-refractivity contribution in [1.82, 2.24) is 0 Å². The summed E-state index contributed by atoms with van der Waals surface area (Å²) in [7, 11) is 2.56. The minimum Gasteiger partial charge on any atom is -0.466 e. The number of esters is 2. The third-order valence-corrected chi connectivity index (χ3v) is 2.48. The molecule has 0 amide bonds. The van der Waals surface area contributed by atoms with Gasteiger partial charge in [0.1, 0.15) is 0 Å². The van der Waals surface area contributed by atoms with Crippen LogP contribution in [0.15, 0.2) is 11.1 Å². The first-order valence-corrected chi connectivity index (χ1v) is 4.94. The summed E-state index contributed by atoms with van der Waals surface area (Å²) in [4.78, 5) is 23.2.